The number of carbonyl (C=O) groups excluding carboxylic acids is 1. The lowest BCUT2D eigenvalue weighted by atomic mass is 9.91. The Bertz CT molecular complexity index is 1220. The molecule has 1 aliphatic rings. The Morgan fingerprint density at radius 3 is 2.77 bits per heavy atom. The molecule has 0 N–H and O–H groups in total. The SMILES string of the molecule is COc1ccc2nc(N(Cc3ccccc3)C(=O)C3CCOc4ccccc43)sc2c1. The molecule has 0 spiro atoms. The topological polar surface area (TPSA) is 51.7 Å². The van der Waals surface area contributed by atoms with Gasteiger partial charge >= 0.3 is 0 Å². The van der Waals surface area contributed by atoms with Crippen LogP contribution in [0.5, 0.6) is 11.5 Å². The summed E-state index contributed by atoms with van der Waals surface area (Å²) in [6.45, 7) is 1.000. The van der Waals surface area contributed by atoms with E-state index in [4.69, 9.17) is 14.5 Å². The molecule has 1 aliphatic heterocycles. The monoisotopic (exact) mass is 430 g/mol. The van der Waals surface area contributed by atoms with Gasteiger partial charge in [0, 0.05) is 5.56 Å². The fourth-order valence-corrected chi connectivity index (χ4v) is 4.93. The van der Waals surface area contributed by atoms with Gasteiger partial charge in [-0.15, -0.1) is 0 Å². The minimum Gasteiger partial charge on any atom is -0.497 e. The molecule has 156 valence electrons. The molecule has 1 unspecified atom stereocenters. The quantitative estimate of drug-likeness (QED) is 0.425. The van der Waals surface area contributed by atoms with Crippen LogP contribution in [0.4, 0.5) is 5.13 Å². The van der Waals surface area contributed by atoms with Crippen LogP contribution in [0.15, 0.2) is 72.8 Å². The van der Waals surface area contributed by atoms with E-state index in [1.165, 1.54) is 11.3 Å². The number of anilines is 1. The number of para-hydroxylation sites is 1. The summed E-state index contributed by atoms with van der Waals surface area (Å²) in [7, 11) is 1.65. The number of fused-ring (bicyclic) bond motifs is 2. The van der Waals surface area contributed by atoms with Crippen LogP contribution in [0.3, 0.4) is 0 Å². The first-order valence-electron chi connectivity index (χ1n) is 10.2. The second kappa shape index (κ2) is 8.40. The van der Waals surface area contributed by atoms with Crippen LogP contribution in [0.25, 0.3) is 10.2 Å². The molecule has 1 atom stereocenters. The van der Waals surface area contributed by atoms with E-state index >= 15 is 0 Å². The molecule has 31 heavy (non-hydrogen) atoms. The average Bonchev–Trinajstić information content (AvgIpc) is 3.25. The number of nitrogens with zero attached hydrogens (tertiary/aromatic N) is 2. The number of methoxy groups -OCH3 is 1. The van der Waals surface area contributed by atoms with Crippen molar-refractivity contribution in [1.82, 2.24) is 4.98 Å². The third-order valence-corrected chi connectivity index (χ3v) is 6.56. The van der Waals surface area contributed by atoms with Crippen molar-refractivity contribution in [1.29, 1.82) is 0 Å². The van der Waals surface area contributed by atoms with E-state index < -0.39 is 0 Å². The maximum atomic E-state index is 13.9. The van der Waals surface area contributed by atoms with Crippen molar-refractivity contribution >= 4 is 32.6 Å². The molecule has 6 heteroatoms. The van der Waals surface area contributed by atoms with Crippen molar-refractivity contribution in [3.8, 4) is 11.5 Å². The Balaban J connectivity index is 1.56. The number of benzene rings is 3. The van der Waals surface area contributed by atoms with Gasteiger partial charge in [0.15, 0.2) is 5.13 Å². The number of thiazole rings is 1. The van der Waals surface area contributed by atoms with Gasteiger partial charge in [-0.1, -0.05) is 59.9 Å². The molecule has 0 fully saturated rings. The molecular weight excluding hydrogens is 408 g/mol. The predicted octanol–water partition coefficient (Wildman–Crippen LogP) is 5.40. The Kier molecular flexibility index (Phi) is 5.30. The average molecular weight is 431 g/mol. The Morgan fingerprint density at radius 1 is 1.13 bits per heavy atom. The molecule has 3 aromatic carbocycles. The van der Waals surface area contributed by atoms with E-state index in [1.807, 2.05) is 77.7 Å². The highest BCUT2D eigenvalue weighted by molar-refractivity contribution is 7.22. The molecular formula is C25H22N2O3S. The van der Waals surface area contributed by atoms with Crippen LogP contribution >= 0.6 is 11.3 Å². The largest absolute Gasteiger partial charge is 0.497 e. The first-order chi connectivity index (χ1) is 15.2. The third-order valence-electron chi connectivity index (χ3n) is 5.52. The van der Waals surface area contributed by atoms with Crippen molar-refractivity contribution in [3.63, 3.8) is 0 Å². The maximum Gasteiger partial charge on any atom is 0.236 e. The smallest absolute Gasteiger partial charge is 0.236 e. The van der Waals surface area contributed by atoms with Crippen LogP contribution in [0, 0.1) is 0 Å². The zero-order chi connectivity index (χ0) is 21.2. The first kappa shape index (κ1) is 19.6. The third kappa shape index (κ3) is 3.86. The number of aromatic nitrogens is 1. The summed E-state index contributed by atoms with van der Waals surface area (Å²) >= 11 is 1.51. The molecule has 0 radical (unpaired) electrons. The van der Waals surface area contributed by atoms with Gasteiger partial charge in [0.1, 0.15) is 11.5 Å². The van der Waals surface area contributed by atoms with E-state index in [0.29, 0.717) is 24.7 Å². The lowest BCUT2D eigenvalue weighted by Gasteiger charge is -2.29. The van der Waals surface area contributed by atoms with Crippen molar-refractivity contribution in [2.75, 3.05) is 18.6 Å². The number of rotatable bonds is 5. The minimum atomic E-state index is -0.254. The van der Waals surface area contributed by atoms with E-state index in [9.17, 15) is 4.79 Å². The van der Waals surface area contributed by atoms with Gasteiger partial charge in [0.2, 0.25) is 5.91 Å². The van der Waals surface area contributed by atoms with Crippen molar-refractivity contribution in [2.24, 2.45) is 0 Å². The van der Waals surface area contributed by atoms with Crippen LogP contribution < -0.4 is 14.4 Å². The normalized spacial score (nSPS) is 15.2. The molecule has 0 bridgehead atoms. The van der Waals surface area contributed by atoms with Crippen molar-refractivity contribution in [3.05, 3.63) is 83.9 Å². The Morgan fingerprint density at radius 2 is 1.94 bits per heavy atom. The highest BCUT2D eigenvalue weighted by atomic mass is 32.1. The van der Waals surface area contributed by atoms with E-state index in [-0.39, 0.29) is 11.8 Å². The summed E-state index contributed by atoms with van der Waals surface area (Å²) in [6, 6.07) is 23.6. The van der Waals surface area contributed by atoms with Gasteiger partial charge in [-0.3, -0.25) is 9.69 Å². The molecule has 0 aliphatic carbocycles. The molecule has 1 amide bonds. The van der Waals surface area contributed by atoms with Gasteiger partial charge in [0.25, 0.3) is 0 Å². The zero-order valence-corrected chi connectivity index (χ0v) is 18.0. The highest BCUT2D eigenvalue weighted by Crippen LogP contribution is 2.38. The predicted molar refractivity (Wildman–Crippen MR) is 123 cm³/mol. The van der Waals surface area contributed by atoms with E-state index in [1.54, 1.807) is 7.11 Å². The van der Waals surface area contributed by atoms with Gasteiger partial charge in [-0.2, -0.15) is 0 Å². The number of ether oxygens (including phenoxy) is 2. The van der Waals surface area contributed by atoms with Crippen LogP contribution in [-0.2, 0) is 11.3 Å². The summed E-state index contributed by atoms with van der Waals surface area (Å²) in [5, 5.41) is 0.695. The van der Waals surface area contributed by atoms with E-state index in [2.05, 4.69) is 0 Å². The number of carbonyl (C=O) groups is 1. The molecule has 2 heterocycles. The Hall–Kier alpha value is -3.38. The summed E-state index contributed by atoms with van der Waals surface area (Å²) in [5.74, 6) is 1.36. The summed E-state index contributed by atoms with van der Waals surface area (Å²) in [4.78, 5) is 20.5. The van der Waals surface area contributed by atoms with Gasteiger partial charge in [0.05, 0.1) is 36.4 Å². The fraction of sp³-hybridized carbons (Fsp3) is 0.200. The molecule has 1 aromatic heterocycles. The summed E-state index contributed by atoms with van der Waals surface area (Å²) in [5.41, 5.74) is 2.87. The number of amides is 1. The second-order valence-electron chi connectivity index (χ2n) is 7.47. The van der Waals surface area contributed by atoms with Crippen molar-refractivity contribution < 1.29 is 14.3 Å². The number of hydrogen-bond donors (Lipinski definition) is 0. The molecule has 4 aromatic rings. The minimum absolute atomic E-state index is 0.0469. The Labute approximate surface area is 184 Å². The van der Waals surface area contributed by atoms with Gasteiger partial charge in [-0.25, -0.2) is 4.98 Å². The molecule has 5 rings (SSSR count). The van der Waals surface area contributed by atoms with E-state index in [0.717, 1.165) is 32.8 Å². The standard InChI is InChI=1S/C25H22N2O3S/c1-29-18-11-12-21-23(15-18)31-25(26-21)27(16-17-7-3-2-4-8-17)24(28)20-13-14-30-22-10-6-5-9-19(20)22/h2-12,15,20H,13-14,16H2,1H3. The molecule has 0 saturated carbocycles. The zero-order valence-electron chi connectivity index (χ0n) is 17.2. The van der Waals surface area contributed by atoms with Crippen LogP contribution in [0.2, 0.25) is 0 Å². The second-order valence-corrected chi connectivity index (χ2v) is 8.48. The fourth-order valence-electron chi connectivity index (χ4n) is 3.93. The van der Waals surface area contributed by atoms with Gasteiger partial charge < -0.3 is 9.47 Å². The van der Waals surface area contributed by atoms with Crippen LogP contribution in [-0.4, -0.2) is 24.6 Å². The lowest BCUT2D eigenvalue weighted by Crippen LogP contribution is -2.36. The van der Waals surface area contributed by atoms with Crippen molar-refractivity contribution in [2.45, 2.75) is 18.9 Å². The maximum absolute atomic E-state index is 13.9. The van der Waals surface area contributed by atoms with Crippen LogP contribution in [0.1, 0.15) is 23.5 Å². The first-order valence-corrected chi connectivity index (χ1v) is 11.1. The summed E-state index contributed by atoms with van der Waals surface area (Å²) in [6.07, 6.45) is 0.653. The highest BCUT2D eigenvalue weighted by Gasteiger charge is 2.33. The lowest BCUT2D eigenvalue weighted by molar-refractivity contribution is -0.120. The molecule has 0 saturated heterocycles. The summed E-state index contributed by atoms with van der Waals surface area (Å²) < 4.78 is 12.1. The van der Waals surface area contributed by atoms with Gasteiger partial charge in [-0.05, 0) is 36.2 Å². The molecule has 5 nitrogen and oxygen atoms in total. The number of hydrogen-bond acceptors (Lipinski definition) is 5.